The Morgan fingerprint density at radius 3 is 2.62 bits per heavy atom. The fourth-order valence-electron chi connectivity index (χ4n) is 1.10. The van der Waals surface area contributed by atoms with Gasteiger partial charge in [0.2, 0.25) is 0 Å². The topological polar surface area (TPSA) is 33.0 Å². The highest BCUT2D eigenvalue weighted by molar-refractivity contribution is 5.22. The van der Waals surface area contributed by atoms with Gasteiger partial charge in [-0.05, 0) is 11.6 Å². The van der Waals surface area contributed by atoms with Gasteiger partial charge in [-0.1, -0.05) is 30.3 Å². The summed E-state index contributed by atoms with van der Waals surface area (Å²) in [6.45, 7) is 0. The summed E-state index contributed by atoms with van der Waals surface area (Å²) >= 11 is 0. The zero-order valence-corrected chi connectivity index (χ0v) is 7.47. The first-order valence-electron chi connectivity index (χ1n) is 4.02. The number of nitriles is 1. The number of rotatable bonds is 3. The van der Waals surface area contributed by atoms with Crippen LogP contribution in [-0.2, 0) is 4.74 Å². The van der Waals surface area contributed by atoms with Gasteiger partial charge in [0.05, 0.1) is 6.07 Å². The van der Waals surface area contributed by atoms with Gasteiger partial charge in [-0.3, -0.25) is 0 Å². The monoisotopic (exact) mass is 173 g/mol. The van der Waals surface area contributed by atoms with E-state index in [-0.39, 0.29) is 6.10 Å². The zero-order chi connectivity index (χ0) is 9.52. The van der Waals surface area contributed by atoms with Crippen LogP contribution in [0.5, 0.6) is 0 Å². The highest BCUT2D eigenvalue weighted by Gasteiger charge is 2.03. The average molecular weight is 173 g/mol. The van der Waals surface area contributed by atoms with Crippen LogP contribution in [-0.4, -0.2) is 7.11 Å². The van der Waals surface area contributed by atoms with E-state index in [1.807, 2.05) is 36.4 Å². The summed E-state index contributed by atoms with van der Waals surface area (Å²) in [5, 5.41) is 8.37. The standard InChI is InChI=1S/C11H11NO/c1-13-11(8-5-9-12)10-6-3-2-4-7-10/h2-8,11H,1H3/b8-5+. The number of ether oxygens (including phenoxy) is 1. The molecule has 0 saturated heterocycles. The Balaban J connectivity index is 2.80. The van der Waals surface area contributed by atoms with Crippen LogP contribution in [0.25, 0.3) is 0 Å². The molecule has 13 heavy (non-hydrogen) atoms. The van der Waals surface area contributed by atoms with Crippen LogP contribution in [0.2, 0.25) is 0 Å². The molecule has 0 spiro atoms. The van der Waals surface area contributed by atoms with Crippen molar-refractivity contribution >= 4 is 0 Å². The minimum Gasteiger partial charge on any atom is -0.373 e. The van der Waals surface area contributed by atoms with Gasteiger partial charge in [0.1, 0.15) is 6.10 Å². The minimum atomic E-state index is -0.124. The summed E-state index contributed by atoms with van der Waals surface area (Å²) in [4.78, 5) is 0. The number of hydrogen-bond donors (Lipinski definition) is 0. The first-order chi connectivity index (χ1) is 6.38. The number of methoxy groups -OCH3 is 1. The largest absolute Gasteiger partial charge is 0.373 e. The summed E-state index contributed by atoms with van der Waals surface area (Å²) in [7, 11) is 1.62. The quantitative estimate of drug-likeness (QED) is 0.658. The zero-order valence-electron chi connectivity index (χ0n) is 7.47. The smallest absolute Gasteiger partial charge is 0.101 e. The lowest BCUT2D eigenvalue weighted by molar-refractivity contribution is 0.143. The molecule has 66 valence electrons. The van der Waals surface area contributed by atoms with Crippen LogP contribution in [0, 0.1) is 11.3 Å². The molecule has 0 heterocycles. The molecule has 0 aliphatic carbocycles. The molecule has 0 bridgehead atoms. The summed E-state index contributed by atoms with van der Waals surface area (Å²) < 4.78 is 5.20. The van der Waals surface area contributed by atoms with E-state index in [9.17, 15) is 0 Å². The van der Waals surface area contributed by atoms with Crippen molar-refractivity contribution in [2.24, 2.45) is 0 Å². The van der Waals surface area contributed by atoms with Crippen molar-refractivity contribution in [3.05, 3.63) is 48.0 Å². The number of benzene rings is 1. The van der Waals surface area contributed by atoms with E-state index in [0.717, 1.165) is 5.56 Å². The van der Waals surface area contributed by atoms with Crippen LogP contribution < -0.4 is 0 Å². The van der Waals surface area contributed by atoms with Gasteiger partial charge in [-0.25, -0.2) is 0 Å². The Bertz CT molecular complexity index is 311. The Morgan fingerprint density at radius 2 is 2.08 bits per heavy atom. The normalized spacial score (nSPS) is 12.6. The van der Waals surface area contributed by atoms with E-state index >= 15 is 0 Å². The van der Waals surface area contributed by atoms with Crippen molar-refractivity contribution in [2.45, 2.75) is 6.10 Å². The molecule has 0 aromatic heterocycles. The molecule has 0 saturated carbocycles. The first kappa shape index (κ1) is 9.50. The molecule has 0 radical (unpaired) electrons. The van der Waals surface area contributed by atoms with Gasteiger partial charge < -0.3 is 4.74 Å². The lowest BCUT2D eigenvalue weighted by Crippen LogP contribution is -1.96. The van der Waals surface area contributed by atoms with Crippen molar-refractivity contribution in [1.82, 2.24) is 0 Å². The second kappa shape index (κ2) is 5.13. The highest BCUT2D eigenvalue weighted by atomic mass is 16.5. The molecule has 0 N–H and O–H groups in total. The maximum absolute atomic E-state index is 8.37. The molecule has 0 aliphatic rings. The van der Waals surface area contributed by atoms with Crippen molar-refractivity contribution in [2.75, 3.05) is 7.11 Å². The molecule has 1 aromatic carbocycles. The maximum Gasteiger partial charge on any atom is 0.101 e. The van der Waals surface area contributed by atoms with Gasteiger partial charge in [-0.15, -0.1) is 0 Å². The summed E-state index contributed by atoms with van der Waals surface area (Å²) in [6, 6.07) is 11.7. The van der Waals surface area contributed by atoms with Crippen LogP contribution in [0.1, 0.15) is 11.7 Å². The summed E-state index contributed by atoms with van der Waals surface area (Å²) in [5.74, 6) is 0. The van der Waals surface area contributed by atoms with Crippen LogP contribution in [0.3, 0.4) is 0 Å². The van der Waals surface area contributed by atoms with Crippen molar-refractivity contribution in [3.63, 3.8) is 0 Å². The number of hydrogen-bond acceptors (Lipinski definition) is 2. The van der Waals surface area contributed by atoms with E-state index in [0.29, 0.717) is 0 Å². The first-order valence-corrected chi connectivity index (χ1v) is 4.02. The molecular weight excluding hydrogens is 162 g/mol. The van der Waals surface area contributed by atoms with E-state index in [2.05, 4.69) is 0 Å². The van der Waals surface area contributed by atoms with Crippen LogP contribution in [0.4, 0.5) is 0 Å². The Kier molecular flexibility index (Phi) is 3.74. The molecule has 1 aromatic rings. The molecule has 1 atom stereocenters. The Labute approximate surface area is 78.1 Å². The molecular formula is C11H11NO. The minimum absolute atomic E-state index is 0.124. The van der Waals surface area contributed by atoms with Gasteiger partial charge in [0.15, 0.2) is 0 Å². The van der Waals surface area contributed by atoms with Gasteiger partial charge in [0, 0.05) is 13.2 Å². The summed E-state index contributed by atoms with van der Waals surface area (Å²) in [6.07, 6.45) is 3.04. The molecule has 0 amide bonds. The number of nitrogens with zero attached hydrogens (tertiary/aromatic N) is 1. The second-order valence-electron chi connectivity index (χ2n) is 2.56. The predicted octanol–water partition coefficient (Wildman–Crippen LogP) is 2.45. The molecule has 2 nitrogen and oxygen atoms in total. The molecule has 1 unspecified atom stereocenters. The third kappa shape index (κ3) is 2.73. The Hall–Kier alpha value is -1.59. The van der Waals surface area contributed by atoms with Gasteiger partial charge in [-0.2, -0.15) is 5.26 Å². The molecule has 0 fully saturated rings. The third-order valence-electron chi connectivity index (χ3n) is 1.73. The predicted molar refractivity (Wildman–Crippen MR) is 50.9 cm³/mol. The van der Waals surface area contributed by atoms with Crippen LogP contribution in [0.15, 0.2) is 42.5 Å². The fraction of sp³-hybridized carbons (Fsp3) is 0.182. The second-order valence-corrected chi connectivity index (χ2v) is 2.56. The Morgan fingerprint density at radius 1 is 1.38 bits per heavy atom. The highest BCUT2D eigenvalue weighted by Crippen LogP contribution is 2.16. The lowest BCUT2D eigenvalue weighted by Gasteiger charge is -2.09. The van der Waals surface area contributed by atoms with Gasteiger partial charge in [0.25, 0.3) is 0 Å². The number of allylic oxidation sites excluding steroid dienone is 1. The molecule has 0 aliphatic heterocycles. The van der Waals surface area contributed by atoms with Crippen molar-refractivity contribution < 1.29 is 4.74 Å². The average Bonchev–Trinajstić information content (AvgIpc) is 2.21. The SMILES string of the molecule is COC(/C=C/C#N)c1ccccc1. The van der Waals surface area contributed by atoms with Crippen LogP contribution >= 0.6 is 0 Å². The lowest BCUT2D eigenvalue weighted by atomic mass is 10.1. The molecule has 2 heteroatoms. The van der Waals surface area contributed by atoms with E-state index in [4.69, 9.17) is 10.00 Å². The van der Waals surface area contributed by atoms with Crippen molar-refractivity contribution in [1.29, 1.82) is 5.26 Å². The van der Waals surface area contributed by atoms with Gasteiger partial charge >= 0.3 is 0 Å². The van der Waals surface area contributed by atoms with E-state index in [1.165, 1.54) is 6.08 Å². The van der Waals surface area contributed by atoms with Crippen molar-refractivity contribution in [3.8, 4) is 6.07 Å². The molecule has 1 rings (SSSR count). The summed E-state index contributed by atoms with van der Waals surface area (Å²) in [5.41, 5.74) is 1.05. The van der Waals surface area contributed by atoms with E-state index < -0.39 is 0 Å². The van der Waals surface area contributed by atoms with E-state index in [1.54, 1.807) is 13.2 Å². The maximum atomic E-state index is 8.37. The third-order valence-corrected chi connectivity index (χ3v) is 1.73. The fourth-order valence-corrected chi connectivity index (χ4v) is 1.10.